The third-order valence-electron chi connectivity index (χ3n) is 2.97. The molecule has 82 valence electrons. The number of nitrogens with one attached hydrogen (secondary N) is 1. The first kappa shape index (κ1) is 10.4. The van der Waals surface area contributed by atoms with Gasteiger partial charge in [-0.2, -0.15) is 0 Å². The predicted octanol–water partition coefficient (Wildman–Crippen LogP) is 2.22. The van der Waals surface area contributed by atoms with Crippen LogP contribution in [0.2, 0.25) is 0 Å². The Kier molecular flexibility index (Phi) is 2.91. The average Bonchev–Trinajstić information content (AvgIpc) is 2.69. The third kappa shape index (κ3) is 1.97. The molecule has 1 unspecified atom stereocenters. The van der Waals surface area contributed by atoms with Crippen molar-refractivity contribution in [3.63, 3.8) is 0 Å². The third-order valence-corrected chi connectivity index (χ3v) is 2.97. The van der Waals surface area contributed by atoms with E-state index in [9.17, 15) is 4.39 Å². The van der Waals surface area contributed by atoms with Crippen LogP contribution < -0.4 is 10.1 Å². The summed E-state index contributed by atoms with van der Waals surface area (Å²) in [6, 6.07) is 3.12. The highest BCUT2D eigenvalue weighted by atomic mass is 19.1. The lowest BCUT2D eigenvalue weighted by atomic mass is 9.95. The van der Waals surface area contributed by atoms with Crippen molar-refractivity contribution in [3.8, 4) is 5.75 Å². The number of hydrogen-bond acceptors (Lipinski definition) is 2. The van der Waals surface area contributed by atoms with E-state index in [4.69, 9.17) is 4.74 Å². The number of rotatable bonds is 2. The van der Waals surface area contributed by atoms with Gasteiger partial charge in [0.25, 0.3) is 0 Å². The van der Waals surface area contributed by atoms with Crippen molar-refractivity contribution in [1.82, 2.24) is 5.32 Å². The first-order valence-electron chi connectivity index (χ1n) is 5.27. The van der Waals surface area contributed by atoms with Crippen molar-refractivity contribution in [2.45, 2.75) is 19.3 Å². The van der Waals surface area contributed by atoms with Crippen LogP contribution in [0.15, 0.2) is 12.1 Å². The zero-order valence-corrected chi connectivity index (χ0v) is 9.14. The second-order valence-electron chi connectivity index (χ2n) is 4.03. The van der Waals surface area contributed by atoms with Crippen LogP contribution in [-0.2, 0) is 0 Å². The molecule has 1 aliphatic heterocycles. The molecule has 15 heavy (non-hydrogen) atoms. The molecule has 0 aliphatic carbocycles. The molecule has 1 heterocycles. The molecule has 2 nitrogen and oxygen atoms in total. The van der Waals surface area contributed by atoms with E-state index >= 15 is 0 Å². The first-order chi connectivity index (χ1) is 7.22. The van der Waals surface area contributed by atoms with Crippen LogP contribution in [0.3, 0.4) is 0 Å². The van der Waals surface area contributed by atoms with Gasteiger partial charge >= 0.3 is 0 Å². The van der Waals surface area contributed by atoms with Crippen LogP contribution >= 0.6 is 0 Å². The van der Waals surface area contributed by atoms with Crippen molar-refractivity contribution in [3.05, 3.63) is 29.1 Å². The lowest BCUT2D eigenvalue weighted by Crippen LogP contribution is -2.09. The van der Waals surface area contributed by atoms with E-state index < -0.39 is 0 Å². The molecule has 0 saturated carbocycles. The topological polar surface area (TPSA) is 21.3 Å². The van der Waals surface area contributed by atoms with E-state index in [0.29, 0.717) is 5.92 Å². The second-order valence-corrected chi connectivity index (χ2v) is 4.03. The molecule has 1 aliphatic rings. The van der Waals surface area contributed by atoms with E-state index in [1.54, 1.807) is 13.2 Å². The molecule has 0 radical (unpaired) electrons. The highest BCUT2D eigenvalue weighted by Crippen LogP contribution is 2.33. The monoisotopic (exact) mass is 209 g/mol. The largest absolute Gasteiger partial charge is 0.496 e. The number of ether oxygens (including phenoxy) is 1. The molecule has 0 bridgehead atoms. The highest BCUT2D eigenvalue weighted by molar-refractivity contribution is 5.44. The van der Waals surface area contributed by atoms with Gasteiger partial charge in [-0.3, -0.25) is 0 Å². The van der Waals surface area contributed by atoms with Crippen LogP contribution in [-0.4, -0.2) is 20.2 Å². The van der Waals surface area contributed by atoms with Gasteiger partial charge in [0, 0.05) is 18.0 Å². The smallest absolute Gasteiger partial charge is 0.125 e. The van der Waals surface area contributed by atoms with Gasteiger partial charge in [0.15, 0.2) is 0 Å². The Balaban J connectivity index is 2.42. The zero-order valence-electron chi connectivity index (χ0n) is 9.14. The lowest BCUT2D eigenvalue weighted by Gasteiger charge is -2.16. The Morgan fingerprint density at radius 2 is 2.27 bits per heavy atom. The molecule has 3 heteroatoms. The minimum atomic E-state index is -0.171. The number of benzene rings is 1. The number of aryl methyl sites for hydroxylation is 1. The molecule has 0 spiro atoms. The molecular formula is C12H16FNO. The first-order valence-corrected chi connectivity index (χ1v) is 5.27. The van der Waals surface area contributed by atoms with E-state index in [2.05, 4.69) is 5.32 Å². The van der Waals surface area contributed by atoms with Gasteiger partial charge in [0.05, 0.1) is 7.11 Å². The summed E-state index contributed by atoms with van der Waals surface area (Å²) in [7, 11) is 1.64. The lowest BCUT2D eigenvalue weighted by molar-refractivity contribution is 0.401. The molecule has 1 atom stereocenters. The minimum Gasteiger partial charge on any atom is -0.496 e. The standard InChI is InChI=1S/C12H16FNO/c1-8-5-10(13)6-11(12(8)15-2)9-3-4-14-7-9/h5-6,9,14H,3-4,7H2,1-2H3. The summed E-state index contributed by atoms with van der Waals surface area (Å²) in [6.07, 6.45) is 1.05. The highest BCUT2D eigenvalue weighted by Gasteiger charge is 2.21. The van der Waals surface area contributed by atoms with Crippen LogP contribution in [0.5, 0.6) is 5.75 Å². The fraction of sp³-hybridized carbons (Fsp3) is 0.500. The van der Waals surface area contributed by atoms with E-state index in [1.807, 2.05) is 6.92 Å². The van der Waals surface area contributed by atoms with Gasteiger partial charge in [0.1, 0.15) is 11.6 Å². The van der Waals surface area contributed by atoms with Crippen molar-refractivity contribution in [2.24, 2.45) is 0 Å². The van der Waals surface area contributed by atoms with Gasteiger partial charge in [-0.05, 0) is 37.6 Å². The van der Waals surface area contributed by atoms with Gasteiger partial charge in [-0.15, -0.1) is 0 Å². The molecule has 0 aromatic heterocycles. The molecule has 1 aromatic carbocycles. The van der Waals surface area contributed by atoms with Gasteiger partial charge in [0.2, 0.25) is 0 Å². The quantitative estimate of drug-likeness (QED) is 0.806. The number of methoxy groups -OCH3 is 1. The Labute approximate surface area is 89.4 Å². The van der Waals surface area contributed by atoms with E-state index in [1.165, 1.54) is 6.07 Å². The molecule has 1 N–H and O–H groups in total. The Hall–Kier alpha value is -1.09. The molecule has 1 aromatic rings. The normalized spacial score (nSPS) is 20.6. The Bertz CT molecular complexity index is 359. The summed E-state index contributed by atoms with van der Waals surface area (Å²) < 4.78 is 18.7. The van der Waals surface area contributed by atoms with Crippen LogP contribution in [0, 0.1) is 12.7 Å². The second kappa shape index (κ2) is 4.19. The average molecular weight is 209 g/mol. The molecule has 0 amide bonds. The summed E-state index contributed by atoms with van der Waals surface area (Å²) >= 11 is 0. The summed E-state index contributed by atoms with van der Waals surface area (Å²) in [5, 5.41) is 3.28. The Morgan fingerprint density at radius 3 is 2.87 bits per heavy atom. The molecular weight excluding hydrogens is 193 g/mol. The number of hydrogen-bond donors (Lipinski definition) is 1. The van der Waals surface area contributed by atoms with Crippen LogP contribution in [0.4, 0.5) is 4.39 Å². The van der Waals surface area contributed by atoms with Crippen molar-refractivity contribution in [2.75, 3.05) is 20.2 Å². The van der Waals surface area contributed by atoms with Gasteiger partial charge in [-0.1, -0.05) is 0 Å². The summed E-state index contributed by atoms with van der Waals surface area (Å²) in [5.41, 5.74) is 1.87. The summed E-state index contributed by atoms with van der Waals surface area (Å²) in [6.45, 7) is 3.80. The maximum atomic E-state index is 13.3. The van der Waals surface area contributed by atoms with Crippen molar-refractivity contribution >= 4 is 0 Å². The van der Waals surface area contributed by atoms with E-state index in [0.717, 1.165) is 36.4 Å². The fourth-order valence-electron chi connectivity index (χ4n) is 2.26. The maximum Gasteiger partial charge on any atom is 0.125 e. The van der Waals surface area contributed by atoms with Crippen molar-refractivity contribution in [1.29, 1.82) is 0 Å². The molecule has 2 rings (SSSR count). The molecule has 1 fully saturated rings. The number of halogens is 1. The van der Waals surface area contributed by atoms with Gasteiger partial charge < -0.3 is 10.1 Å². The fourth-order valence-corrected chi connectivity index (χ4v) is 2.26. The predicted molar refractivity (Wildman–Crippen MR) is 57.9 cm³/mol. The molecule has 1 saturated heterocycles. The zero-order chi connectivity index (χ0) is 10.8. The van der Waals surface area contributed by atoms with Crippen molar-refractivity contribution < 1.29 is 9.13 Å². The summed E-state index contributed by atoms with van der Waals surface area (Å²) in [5.74, 6) is 1.05. The SMILES string of the molecule is COc1c(C)cc(F)cc1C1CCNC1. The van der Waals surface area contributed by atoms with E-state index in [-0.39, 0.29) is 5.82 Å². The van der Waals surface area contributed by atoms with Crippen LogP contribution in [0.1, 0.15) is 23.5 Å². The van der Waals surface area contributed by atoms with Crippen LogP contribution in [0.25, 0.3) is 0 Å². The van der Waals surface area contributed by atoms with Gasteiger partial charge in [-0.25, -0.2) is 4.39 Å². The minimum absolute atomic E-state index is 0.171. The maximum absolute atomic E-state index is 13.3. The summed E-state index contributed by atoms with van der Waals surface area (Å²) in [4.78, 5) is 0. The Morgan fingerprint density at radius 1 is 1.47 bits per heavy atom.